The van der Waals surface area contributed by atoms with Gasteiger partial charge in [0.1, 0.15) is 5.82 Å². The van der Waals surface area contributed by atoms with Crippen molar-refractivity contribution in [1.29, 1.82) is 0 Å². The van der Waals surface area contributed by atoms with Gasteiger partial charge in [-0.3, -0.25) is 4.79 Å². The average Bonchev–Trinajstić information content (AvgIpc) is 3.22. The first-order valence-corrected chi connectivity index (χ1v) is 12.9. The molecule has 8 heteroatoms. The topological polar surface area (TPSA) is 95.2 Å². The number of benzene rings is 2. The number of carbonyl (C=O) groups excluding carboxylic acids is 1. The number of fused-ring (bicyclic) bond motifs is 1. The second-order valence-electron chi connectivity index (χ2n) is 9.29. The lowest BCUT2D eigenvalue weighted by atomic mass is 9.95. The van der Waals surface area contributed by atoms with E-state index >= 15 is 0 Å². The van der Waals surface area contributed by atoms with Crippen LogP contribution >= 0.6 is 0 Å². The molecule has 0 aliphatic carbocycles. The lowest BCUT2D eigenvalue weighted by Crippen LogP contribution is -2.44. The maximum atomic E-state index is 13.1. The van der Waals surface area contributed by atoms with Crippen LogP contribution in [0.15, 0.2) is 47.4 Å². The molecule has 1 atom stereocenters. The number of piperidine rings is 1. The van der Waals surface area contributed by atoms with Gasteiger partial charge in [-0.25, -0.2) is 13.4 Å². The molecule has 0 bridgehead atoms. The monoisotopic (exact) mass is 468 g/mol. The summed E-state index contributed by atoms with van der Waals surface area (Å²) in [7, 11) is -3.56. The Labute approximate surface area is 195 Å². The number of aryl methyl sites for hydroxylation is 2. The molecule has 1 saturated heterocycles. The van der Waals surface area contributed by atoms with Crippen LogP contribution in [0, 0.1) is 25.7 Å². The van der Waals surface area contributed by atoms with Crippen molar-refractivity contribution in [3.05, 3.63) is 59.4 Å². The van der Waals surface area contributed by atoms with Gasteiger partial charge in [-0.2, -0.15) is 4.31 Å². The van der Waals surface area contributed by atoms with Crippen LogP contribution in [0.2, 0.25) is 0 Å². The van der Waals surface area contributed by atoms with Gasteiger partial charge in [0.2, 0.25) is 15.9 Å². The van der Waals surface area contributed by atoms with Crippen LogP contribution < -0.4 is 5.32 Å². The van der Waals surface area contributed by atoms with E-state index in [1.807, 2.05) is 44.2 Å². The lowest BCUT2D eigenvalue weighted by Gasteiger charge is -2.32. The summed E-state index contributed by atoms with van der Waals surface area (Å²) >= 11 is 0. The fourth-order valence-corrected chi connectivity index (χ4v) is 5.88. The Hall–Kier alpha value is -2.71. The highest BCUT2D eigenvalue weighted by Crippen LogP contribution is 2.27. The second kappa shape index (κ2) is 9.27. The SMILES string of the molecule is Cc1ccc(S(=O)(=O)N2CCC(C(=O)N[C@H](c3nc4ccccc4[nH]3)C(C)C)CC2)cc1C. The van der Waals surface area contributed by atoms with E-state index in [1.165, 1.54) is 4.31 Å². The minimum absolute atomic E-state index is 0.0441. The van der Waals surface area contributed by atoms with Crippen molar-refractivity contribution in [2.24, 2.45) is 11.8 Å². The molecule has 0 saturated carbocycles. The van der Waals surface area contributed by atoms with E-state index in [0.29, 0.717) is 30.8 Å². The number of sulfonamides is 1. The average molecular weight is 469 g/mol. The molecule has 0 radical (unpaired) electrons. The van der Waals surface area contributed by atoms with Crippen LogP contribution in [-0.2, 0) is 14.8 Å². The van der Waals surface area contributed by atoms with Crippen molar-refractivity contribution in [2.75, 3.05) is 13.1 Å². The van der Waals surface area contributed by atoms with E-state index in [1.54, 1.807) is 12.1 Å². The molecule has 33 heavy (non-hydrogen) atoms. The Balaban J connectivity index is 1.42. The van der Waals surface area contributed by atoms with E-state index in [-0.39, 0.29) is 23.8 Å². The number of rotatable bonds is 6. The second-order valence-corrected chi connectivity index (χ2v) is 11.2. The standard InChI is InChI=1S/C25H32N4O3S/c1-16(2)23(24-26-21-7-5-6-8-22(21)27-24)28-25(30)19-11-13-29(14-12-19)33(31,32)20-10-9-17(3)18(4)15-20/h5-10,15-16,19,23H,11-14H2,1-4H3,(H,26,27)(H,28,30)/t23-/m0/s1. The number of hydrogen-bond donors (Lipinski definition) is 2. The van der Waals surface area contributed by atoms with Crippen LogP contribution in [0.5, 0.6) is 0 Å². The van der Waals surface area contributed by atoms with Gasteiger partial charge in [0.15, 0.2) is 0 Å². The lowest BCUT2D eigenvalue weighted by molar-refractivity contribution is -0.127. The molecule has 7 nitrogen and oxygen atoms in total. The number of carbonyl (C=O) groups is 1. The number of aromatic nitrogens is 2. The predicted molar refractivity (Wildman–Crippen MR) is 129 cm³/mol. The third kappa shape index (κ3) is 4.82. The molecule has 176 valence electrons. The fourth-order valence-electron chi connectivity index (χ4n) is 4.32. The van der Waals surface area contributed by atoms with Crippen LogP contribution in [0.1, 0.15) is 49.7 Å². The molecular formula is C25H32N4O3S. The van der Waals surface area contributed by atoms with Crippen LogP contribution in [-0.4, -0.2) is 41.7 Å². The Bertz CT molecular complexity index is 1220. The number of nitrogens with one attached hydrogen (secondary N) is 2. The van der Waals surface area contributed by atoms with Gasteiger partial charge in [-0.1, -0.05) is 32.0 Å². The number of amides is 1. The number of para-hydroxylation sites is 2. The van der Waals surface area contributed by atoms with E-state index < -0.39 is 10.0 Å². The minimum atomic E-state index is -3.56. The van der Waals surface area contributed by atoms with Gasteiger partial charge < -0.3 is 10.3 Å². The number of nitrogens with zero attached hydrogens (tertiary/aromatic N) is 2. The molecular weight excluding hydrogens is 436 g/mol. The number of H-pyrrole nitrogens is 1. The van der Waals surface area contributed by atoms with Crippen LogP contribution in [0.4, 0.5) is 0 Å². The smallest absolute Gasteiger partial charge is 0.243 e. The molecule has 3 aromatic rings. The van der Waals surface area contributed by atoms with Crippen molar-refractivity contribution in [3.63, 3.8) is 0 Å². The summed E-state index contributed by atoms with van der Waals surface area (Å²) in [5.74, 6) is 0.633. The van der Waals surface area contributed by atoms with E-state index in [9.17, 15) is 13.2 Å². The zero-order chi connectivity index (χ0) is 23.8. The summed E-state index contributed by atoms with van der Waals surface area (Å²) in [5.41, 5.74) is 3.83. The van der Waals surface area contributed by atoms with E-state index in [2.05, 4.69) is 29.1 Å². The summed E-state index contributed by atoms with van der Waals surface area (Å²) < 4.78 is 27.7. The van der Waals surface area contributed by atoms with E-state index in [0.717, 1.165) is 28.0 Å². The predicted octanol–water partition coefficient (Wildman–Crippen LogP) is 4.09. The molecule has 1 amide bonds. The molecule has 2 aromatic carbocycles. The highest BCUT2D eigenvalue weighted by atomic mass is 32.2. The van der Waals surface area contributed by atoms with Crippen molar-refractivity contribution < 1.29 is 13.2 Å². The molecule has 1 aliphatic heterocycles. The maximum absolute atomic E-state index is 13.1. The van der Waals surface area contributed by atoms with Crippen LogP contribution in [0.25, 0.3) is 11.0 Å². The summed E-state index contributed by atoms with van der Waals surface area (Å²) in [6.45, 7) is 8.66. The molecule has 2 heterocycles. The number of aromatic amines is 1. The van der Waals surface area contributed by atoms with Crippen molar-refractivity contribution in [2.45, 2.75) is 51.5 Å². The molecule has 1 aliphatic rings. The summed E-state index contributed by atoms with van der Waals surface area (Å²) in [4.78, 5) is 21.4. The van der Waals surface area contributed by atoms with Gasteiger partial charge in [-0.15, -0.1) is 0 Å². The number of hydrogen-bond acceptors (Lipinski definition) is 4. The van der Waals surface area contributed by atoms with Crippen molar-refractivity contribution >= 4 is 27.0 Å². The first kappa shape index (κ1) is 23.4. The number of imidazole rings is 1. The minimum Gasteiger partial charge on any atom is -0.346 e. The first-order chi connectivity index (χ1) is 15.7. The highest BCUT2D eigenvalue weighted by Gasteiger charge is 2.33. The molecule has 2 N–H and O–H groups in total. The zero-order valence-electron chi connectivity index (χ0n) is 19.6. The van der Waals surface area contributed by atoms with E-state index in [4.69, 9.17) is 0 Å². The summed E-state index contributed by atoms with van der Waals surface area (Å²) in [6.07, 6.45) is 1.00. The Morgan fingerprint density at radius 1 is 1.09 bits per heavy atom. The highest BCUT2D eigenvalue weighted by molar-refractivity contribution is 7.89. The summed E-state index contributed by atoms with van der Waals surface area (Å²) in [5, 5.41) is 3.16. The molecule has 1 aromatic heterocycles. The maximum Gasteiger partial charge on any atom is 0.243 e. The van der Waals surface area contributed by atoms with Gasteiger partial charge in [0.05, 0.1) is 22.0 Å². The van der Waals surface area contributed by atoms with Gasteiger partial charge in [-0.05, 0) is 68.0 Å². The molecule has 0 spiro atoms. The third-order valence-corrected chi connectivity index (χ3v) is 8.50. The van der Waals surface area contributed by atoms with Crippen molar-refractivity contribution in [1.82, 2.24) is 19.6 Å². The summed E-state index contributed by atoms with van der Waals surface area (Å²) in [6, 6.07) is 12.8. The van der Waals surface area contributed by atoms with Crippen LogP contribution in [0.3, 0.4) is 0 Å². The Morgan fingerprint density at radius 2 is 1.79 bits per heavy atom. The first-order valence-electron chi connectivity index (χ1n) is 11.5. The molecule has 0 unspecified atom stereocenters. The van der Waals surface area contributed by atoms with Crippen molar-refractivity contribution in [3.8, 4) is 0 Å². The zero-order valence-corrected chi connectivity index (χ0v) is 20.4. The Kier molecular flexibility index (Phi) is 6.59. The molecule has 4 rings (SSSR count). The largest absolute Gasteiger partial charge is 0.346 e. The van der Waals surface area contributed by atoms with Gasteiger partial charge in [0.25, 0.3) is 0 Å². The Morgan fingerprint density at radius 3 is 2.42 bits per heavy atom. The molecule has 1 fully saturated rings. The van der Waals surface area contributed by atoms with Gasteiger partial charge >= 0.3 is 0 Å². The normalized spacial score (nSPS) is 16.9. The van der Waals surface area contributed by atoms with Gasteiger partial charge in [0, 0.05) is 19.0 Å². The fraction of sp³-hybridized carbons (Fsp3) is 0.440. The third-order valence-electron chi connectivity index (χ3n) is 6.61. The quantitative estimate of drug-likeness (QED) is 0.570.